The van der Waals surface area contributed by atoms with Gasteiger partial charge >= 0.3 is 0 Å². The number of hydrogen-bond donors (Lipinski definition) is 1. The molecule has 1 amide bonds. The second-order valence-corrected chi connectivity index (χ2v) is 8.11. The third-order valence-electron chi connectivity index (χ3n) is 4.20. The molecular weight excluding hydrogens is 304 g/mol. The molecule has 1 spiro atoms. The molecule has 1 aromatic carbocycles. The number of benzene rings is 1. The highest BCUT2D eigenvalue weighted by atomic mass is 32.2. The van der Waals surface area contributed by atoms with E-state index >= 15 is 0 Å². The Bertz CT molecular complexity index is 570. The van der Waals surface area contributed by atoms with E-state index in [1.165, 1.54) is 4.90 Å². The molecule has 2 aliphatic rings. The lowest BCUT2D eigenvalue weighted by Crippen LogP contribution is -2.34. The smallest absolute Gasteiger partial charge is 0.244 e. The van der Waals surface area contributed by atoms with E-state index in [-0.39, 0.29) is 17.6 Å². The van der Waals surface area contributed by atoms with Crippen LogP contribution in [0.1, 0.15) is 24.6 Å². The molecule has 1 aliphatic heterocycles. The number of amides is 1. The quantitative estimate of drug-likeness (QED) is 0.839. The third kappa shape index (κ3) is 2.89. The largest absolute Gasteiger partial charge is 0.320 e. The van der Waals surface area contributed by atoms with Crippen molar-refractivity contribution < 1.29 is 9.00 Å². The fraction of sp³-hybridized carbons (Fsp3) is 0.533. The van der Waals surface area contributed by atoms with E-state index in [1.54, 1.807) is 18.0 Å². The highest BCUT2D eigenvalue weighted by molar-refractivity contribution is 7.98. The van der Waals surface area contributed by atoms with Crippen molar-refractivity contribution in [3.8, 4) is 0 Å². The third-order valence-corrected chi connectivity index (χ3v) is 5.70. The lowest BCUT2D eigenvalue weighted by atomic mass is 10.1. The minimum atomic E-state index is -0.882. The molecule has 114 valence electrons. The predicted octanol–water partition coefficient (Wildman–Crippen LogP) is 1.75. The summed E-state index contributed by atoms with van der Waals surface area (Å²) in [5, 5.41) is 3.49. The van der Waals surface area contributed by atoms with Crippen molar-refractivity contribution in [2.75, 3.05) is 24.8 Å². The summed E-state index contributed by atoms with van der Waals surface area (Å²) in [5.74, 6) is 0.704. The van der Waals surface area contributed by atoms with Gasteiger partial charge in [0.15, 0.2) is 0 Å². The SMILES string of the molecule is CSc1ccc(C2NC3(CC3)C(=O)N2CCS(C)=O)cc1. The molecule has 2 unspecified atom stereocenters. The normalized spacial score (nSPS) is 24.6. The molecule has 2 fully saturated rings. The van der Waals surface area contributed by atoms with Crippen molar-refractivity contribution in [2.24, 2.45) is 0 Å². The Balaban J connectivity index is 1.83. The maximum Gasteiger partial charge on any atom is 0.244 e. The van der Waals surface area contributed by atoms with Gasteiger partial charge in [0.1, 0.15) is 11.7 Å². The maximum absolute atomic E-state index is 12.6. The molecule has 4 nitrogen and oxygen atoms in total. The summed E-state index contributed by atoms with van der Waals surface area (Å²) in [7, 11) is -0.882. The Kier molecular flexibility index (Phi) is 4.12. The number of rotatable bonds is 5. The number of nitrogens with zero attached hydrogens (tertiary/aromatic N) is 1. The first kappa shape index (κ1) is 15.1. The molecule has 2 atom stereocenters. The van der Waals surface area contributed by atoms with Crippen LogP contribution in [0, 0.1) is 0 Å². The van der Waals surface area contributed by atoms with Crippen molar-refractivity contribution in [2.45, 2.75) is 29.4 Å². The molecule has 1 heterocycles. The summed E-state index contributed by atoms with van der Waals surface area (Å²) in [4.78, 5) is 15.6. The first-order valence-corrected chi connectivity index (χ1v) is 10.0. The zero-order valence-corrected chi connectivity index (χ0v) is 13.9. The molecule has 6 heteroatoms. The van der Waals surface area contributed by atoms with Gasteiger partial charge in [0.05, 0.1) is 0 Å². The topological polar surface area (TPSA) is 49.4 Å². The van der Waals surface area contributed by atoms with Crippen LogP contribution in [-0.2, 0) is 15.6 Å². The van der Waals surface area contributed by atoms with Crippen LogP contribution in [0.15, 0.2) is 29.2 Å². The van der Waals surface area contributed by atoms with Gasteiger partial charge in [-0.2, -0.15) is 0 Å². The Morgan fingerprint density at radius 2 is 2.05 bits per heavy atom. The molecule has 21 heavy (non-hydrogen) atoms. The summed E-state index contributed by atoms with van der Waals surface area (Å²) in [6, 6.07) is 8.32. The van der Waals surface area contributed by atoms with Gasteiger partial charge in [0.25, 0.3) is 0 Å². The first-order chi connectivity index (χ1) is 10.1. The van der Waals surface area contributed by atoms with E-state index in [4.69, 9.17) is 0 Å². The summed E-state index contributed by atoms with van der Waals surface area (Å²) in [5.41, 5.74) is 0.768. The molecule has 3 rings (SSSR count). The van der Waals surface area contributed by atoms with E-state index in [0.29, 0.717) is 12.3 Å². The number of hydrogen-bond acceptors (Lipinski definition) is 4. The Morgan fingerprint density at radius 3 is 2.57 bits per heavy atom. The minimum absolute atomic E-state index is 0.0838. The minimum Gasteiger partial charge on any atom is -0.320 e. The van der Waals surface area contributed by atoms with Crippen LogP contribution < -0.4 is 5.32 Å². The zero-order chi connectivity index (χ0) is 15.0. The number of nitrogens with one attached hydrogen (secondary N) is 1. The second-order valence-electron chi connectivity index (χ2n) is 5.68. The highest BCUT2D eigenvalue weighted by Crippen LogP contribution is 2.45. The van der Waals surface area contributed by atoms with Crippen molar-refractivity contribution >= 4 is 28.5 Å². The Morgan fingerprint density at radius 1 is 1.38 bits per heavy atom. The molecule has 0 aromatic heterocycles. The molecule has 1 aliphatic carbocycles. The molecule has 1 saturated carbocycles. The molecule has 0 radical (unpaired) electrons. The summed E-state index contributed by atoms with van der Waals surface area (Å²) < 4.78 is 11.4. The van der Waals surface area contributed by atoms with E-state index in [0.717, 1.165) is 18.4 Å². The van der Waals surface area contributed by atoms with Crippen molar-refractivity contribution in [1.29, 1.82) is 0 Å². The molecular formula is C15H20N2O2S2. The molecule has 1 N–H and O–H groups in total. The van der Waals surface area contributed by atoms with E-state index in [1.807, 2.05) is 4.90 Å². The van der Waals surface area contributed by atoms with Crippen LogP contribution in [0.25, 0.3) is 0 Å². The van der Waals surface area contributed by atoms with E-state index in [9.17, 15) is 9.00 Å². The van der Waals surface area contributed by atoms with Crippen LogP contribution in [0.3, 0.4) is 0 Å². The Labute approximate surface area is 132 Å². The molecule has 1 saturated heterocycles. The number of thioether (sulfide) groups is 1. The average Bonchev–Trinajstić information content (AvgIpc) is 3.21. The summed E-state index contributed by atoms with van der Waals surface area (Å²) in [6.45, 7) is 0.547. The van der Waals surface area contributed by atoms with Crippen molar-refractivity contribution in [3.63, 3.8) is 0 Å². The van der Waals surface area contributed by atoms with Crippen LogP contribution in [0.2, 0.25) is 0 Å². The van der Waals surface area contributed by atoms with Gasteiger partial charge in [-0.05, 0) is 36.8 Å². The predicted molar refractivity (Wildman–Crippen MR) is 86.7 cm³/mol. The monoisotopic (exact) mass is 324 g/mol. The van der Waals surface area contributed by atoms with Gasteiger partial charge in [0.2, 0.25) is 5.91 Å². The lowest BCUT2D eigenvalue weighted by Gasteiger charge is -2.24. The fourth-order valence-electron chi connectivity index (χ4n) is 2.78. The summed E-state index contributed by atoms with van der Waals surface area (Å²) >= 11 is 1.71. The van der Waals surface area contributed by atoms with Gasteiger partial charge in [-0.1, -0.05) is 12.1 Å². The van der Waals surface area contributed by atoms with Gasteiger partial charge in [-0.3, -0.25) is 14.3 Å². The van der Waals surface area contributed by atoms with Gasteiger partial charge in [-0.15, -0.1) is 11.8 Å². The zero-order valence-electron chi connectivity index (χ0n) is 12.3. The van der Waals surface area contributed by atoms with Gasteiger partial charge < -0.3 is 4.90 Å². The highest BCUT2D eigenvalue weighted by Gasteiger charge is 2.59. The second kappa shape index (κ2) is 5.74. The average molecular weight is 324 g/mol. The van der Waals surface area contributed by atoms with Crippen LogP contribution in [0.4, 0.5) is 0 Å². The van der Waals surface area contributed by atoms with Crippen molar-refractivity contribution in [3.05, 3.63) is 29.8 Å². The standard InChI is InChI=1S/C15H20N2O2S2/c1-20-12-5-3-11(4-6-12)13-16-15(7-8-15)14(18)17(13)9-10-21(2)19/h3-6,13,16H,7-10H2,1-2H3. The number of carbonyl (C=O) groups excluding carboxylic acids is 1. The van der Waals surface area contributed by atoms with Crippen LogP contribution >= 0.6 is 11.8 Å². The summed E-state index contributed by atoms with van der Waals surface area (Å²) in [6.07, 6.45) is 5.48. The molecule has 0 bridgehead atoms. The van der Waals surface area contributed by atoms with Gasteiger partial charge in [0, 0.05) is 34.2 Å². The van der Waals surface area contributed by atoms with Gasteiger partial charge in [-0.25, -0.2) is 0 Å². The van der Waals surface area contributed by atoms with E-state index < -0.39 is 10.8 Å². The van der Waals surface area contributed by atoms with Crippen molar-refractivity contribution in [1.82, 2.24) is 10.2 Å². The first-order valence-electron chi connectivity index (χ1n) is 7.08. The van der Waals surface area contributed by atoms with Crippen LogP contribution in [-0.4, -0.2) is 45.4 Å². The van der Waals surface area contributed by atoms with Crippen LogP contribution in [0.5, 0.6) is 0 Å². The van der Waals surface area contributed by atoms with E-state index in [2.05, 4.69) is 35.8 Å². The fourth-order valence-corrected chi connectivity index (χ4v) is 3.65. The maximum atomic E-state index is 12.6. The molecule has 1 aromatic rings. The number of carbonyl (C=O) groups is 1. The lowest BCUT2D eigenvalue weighted by molar-refractivity contribution is -0.130. The Hall–Kier alpha value is -0.850.